The molecule has 5 nitrogen and oxygen atoms in total. The highest BCUT2D eigenvalue weighted by atomic mass is 19.2. The van der Waals surface area contributed by atoms with Crippen molar-refractivity contribution in [2.75, 3.05) is 26.2 Å². The molecule has 2 heterocycles. The Morgan fingerprint density at radius 3 is 2.39 bits per heavy atom. The van der Waals surface area contributed by atoms with E-state index in [0.717, 1.165) is 54.3 Å². The molecule has 3 aromatic carbocycles. The second kappa shape index (κ2) is 13.1. The van der Waals surface area contributed by atoms with Gasteiger partial charge in [0.05, 0.1) is 12.6 Å². The fourth-order valence-electron chi connectivity index (χ4n) is 6.18. The smallest absolute Gasteiger partial charge is 0.251 e. The number of amides is 1. The van der Waals surface area contributed by atoms with Gasteiger partial charge in [0, 0.05) is 37.3 Å². The molecule has 0 aromatic heterocycles. The summed E-state index contributed by atoms with van der Waals surface area (Å²) in [7, 11) is 0. The predicted molar refractivity (Wildman–Crippen MR) is 156 cm³/mol. The van der Waals surface area contributed by atoms with E-state index in [9.17, 15) is 26.7 Å². The highest BCUT2D eigenvalue weighted by molar-refractivity contribution is 6.03. The van der Waals surface area contributed by atoms with Crippen LogP contribution in [0.2, 0.25) is 0 Å². The van der Waals surface area contributed by atoms with Gasteiger partial charge in [-0.25, -0.2) is 17.6 Å². The van der Waals surface area contributed by atoms with Gasteiger partial charge < -0.3 is 20.3 Å². The van der Waals surface area contributed by atoms with Gasteiger partial charge in [-0.05, 0) is 79.0 Å². The van der Waals surface area contributed by atoms with Crippen LogP contribution >= 0.6 is 0 Å². The lowest BCUT2D eigenvalue weighted by molar-refractivity contribution is -0.128. The monoisotopic (exact) mass is 611 g/mol. The van der Waals surface area contributed by atoms with Gasteiger partial charge in [-0.15, -0.1) is 0 Å². The van der Waals surface area contributed by atoms with Crippen molar-refractivity contribution in [1.29, 1.82) is 0 Å². The van der Waals surface area contributed by atoms with E-state index >= 15 is 0 Å². The number of carbonyl (C=O) groups is 1. The van der Waals surface area contributed by atoms with E-state index in [0.29, 0.717) is 37.9 Å². The summed E-state index contributed by atoms with van der Waals surface area (Å²) in [4.78, 5) is 16.0. The van der Waals surface area contributed by atoms with E-state index in [1.165, 1.54) is 6.07 Å². The molecule has 10 heteroatoms. The van der Waals surface area contributed by atoms with Crippen molar-refractivity contribution in [2.24, 2.45) is 0 Å². The molecule has 2 aliphatic heterocycles. The highest BCUT2D eigenvalue weighted by Crippen LogP contribution is 2.36. The molecule has 232 valence electrons. The van der Waals surface area contributed by atoms with Crippen molar-refractivity contribution in [3.05, 3.63) is 106 Å². The first-order valence-corrected chi connectivity index (χ1v) is 15.1. The zero-order valence-electron chi connectivity index (χ0n) is 24.2. The zero-order chi connectivity index (χ0) is 30.8. The molecule has 6 rings (SSSR count). The number of fused-ring (bicyclic) bond motifs is 2. The molecule has 0 radical (unpaired) electrons. The van der Waals surface area contributed by atoms with Crippen LogP contribution in [0, 0.1) is 29.1 Å². The molecule has 1 aliphatic carbocycles. The minimum atomic E-state index is -1.34. The Labute approximate surface area is 253 Å². The molecular weight excluding hydrogens is 577 g/mol. The van der Waals surface area contributed by atoms with Gasteiger partial charge in [-0.1, -0.05) is 36.4 Å². The minimum absolute atomic E-state index is 0.0153. The Bertz CT molecular complexity index is 1560. The van der Waals surface area contributed by atoms with Crippen molar-refractivity contribution in [1.82, 2.24) is 15.5 Å². The first-order valence-electron chi connectivity index (χ1n) is 15.1. The number of nitrogens with zero attached hydrogens (tertiary/aromatic N) is 1. The second-order valence-electron chi connectivity index (χ2n) is 11.7. The predicted octanol–water partition coefficient (Wildman–Crippen LogP) is 5.71. The van der Waals surface area contributed by atoms with Crippen molar-refractivity contribution in [2.45, 2.75) is 56.7 Å². The number of rotatable bonds is 11. The maximum absolute atomic E-state index is 14.4. The zero-order valence-corrected chi connectivity index (χ0v) is 24.2. The molecule has 1 saturated heterocycles. The van der Waals surface area contributed by atoms with E-state index in [2.05, 4.69) is 10.6 Å². The Morgan fingerprint density at radius 1 is 0.864 bits per heavy atom. The van der Waals surface area contributed by atoms with Crippen LogP contribution in [0.5, 0.6) is 5.75 Å². The van der Waals surface area contributed by atoms with Crippen molar-refractivity contribution in [3.8, 4) is 5.75 Å². The summed E-state index contributed by atoms with van der Waals surface area (Å²) in [5.74, 6) is -5.99. The standard InChI is InChI=1S/C34H34F5N3O2/c35-26-5-1-4-22(31(26)38)14-15-42(24-10-11-24)34(43)30-25(17-23-18-40-19-29(30)41-23)21-8-6-20(7-9-21)3-2-16-44-33-28(37)13-12-27(36)32(33)39/h1,4-9,12-13,23-24,29,40-41H,2-3,10-11,14-19H2. The number of carbonyl (C=O) groups excluding carboxylic acids is 1. The third-order valence-electron chi connectivity index (χ3n) is 8.59. The van der Waals surface area contributed by atoms with Crippen LogP contribution < -0.4 is 15.4 Å². The number of hydrogen-bond donors (Lipinski definition) is 2. The van der Waals surface area contributed by atoms with Crippen LogP contribution in [0.1, 0.15) is 42.4 Å². The minimum Gasteiger partial charge on any atom is -0.488 e. The summed E-state index contributed by atoms with van der Waals surface area (Å²) in [5, 5.41) is 7.01. The summed E-state index contributed by atoms with van der Waals surface area (Å²) in [6.45, 7) is 1.72. The summed E-state index contributed by atoms with van der Waals surface area (Å²) >= 11 is 0. The fourth-order valence-corrected chi connectivity index (χ4v) is 6.18. The van der Waals surface area contributed by atoms with Gasteiger partial charge in [0.1, 0.15) is 0 Å². The Hall–Kier alpha value is -3.76. The van der Waals surface area contributed by atoms with Crippen LogP contribution in [-0.4, -0.2) is 55.2 Å². The average Bonchev–Trinajstić information content (AvgIpc) is 3.86. The van der Waals surface area contributed by atoms with E-state index in [-0.39, 0.29) is 42.6 Å². The van der Waals surface area contributed by atoms with Crippen LogP contribution in [0.4, 0.5) is 22.0 Å². The van der Waals surface area contributed by atoms with Gasteiger partial charge in [-0.2, -0.15) is 4.39 Å². The number of benzene rings is 3. The van der Waals surface area contributed by atoms with Gasteiger partial charge in [0.2, 0.25) is 5.82 Å². The number of ether oxygens (including phenoxy) is 1. The largest absolute Gasteiger partial charge is 0.488 e. The van der Waals surface area contributed by atoms with E-state index in [4.69, 9.17) is 4.74 Å². The molecule has 2 fully saturated rings. The number of hydrogen-bond acceptors (Lipinski definition) is 4. The SMILES string of the molecule is O=C(C1=C(c2ccc(CCCOc3c(F)ccc(F)c3F)cc2)CC2CNCC1N2)N(CCc1cccc(F)c1F)C1CC1. The molecule has 3 aromatic rings. The van der Waals surface area contributed by atoms with Gasteiger partial charge in [0.25, 0.3) is 5.91 Å². The summed E-state index contributed by atoms with van der Waals surface area (Å²) in [6, 6.07) is 13.7. The Balaban J connectivity index is 1.17. The van der Waals surface area contributed by atoms with Crippen molar-refractivity contribution in [3.63, 3.8) is 0 Å². The van der Waals surface area contributed by atoms with Crippen LogP contribution in [0.25, 0.3) is 5.57 Å². The van der Waals surface area contributed by atoms with Crippen molar-refractivity contribution >= 4 is 11.5 Å². The maximum Gasteiger partial charge on any atom is 0.251 e. The Kier molecular flexibility index (Phi) is 9.00. The highest BCUT2D eigenvalue weighted by Gasteiger charge is 2.40. The fraction of sp³-hybridized carbons (Fsp3) is 0.382. The van der Waals surface area contributed by atoms with Crippen LogP contribution in [0.15, 0.2) is 60.2 Å². The van der Waals surface area contributed by atoms with E-state index in [1.54, 1.807) is 6.07 Å². The summed E-state index contributed by atoms with van der Waals surface area (Å²) in [6.07, 6.45) is 3.70. The maximum atomic E-state index is 14.4. The Morgan fingerprint density at radius 2 is 1.61 bits per heavy atom. The molecular formula is C34H34F5N3O2. The first-order chi connectivity index (χ1) is 21.3. The lowest BCUT2D eigenvalue weighted by Crippen LogP contribution is -2.60. The molecule has 44 heavy (non-hydrogen) atoms. The molecule has 2 N–H and O–H groups in total. The van der Waals surface area contributed by atoms with Crippen LogP contribution in [-0.2, 0) is 17.6 Å². The molecule has 2 unspecified atom stereocenters. The van der Waals surface area contributed by atoms with E-state index < -0.39 is 34.8 Å². The second-order valence-corrected chi connectivity index (χ2v) is 11.7. The topological polar surface area (TPSA) is 53.6 Å². The van der Waals surface area contributed by atoms with E-state index in [1.807, 2.05) is 29.2 Å². The summed E-state index contributed by atoms with van der Waals surface area (Å²) < 4.78 is 74.5. The van der Waals surface area contributed by atoms with Crippen molar-refractivity contribution < 1.29 is 31.5 Å². The first kappa shape index (κ1) is 30.3. The number of halogens is 5. The number of nitrogens with one attached hydrogen (secondary N) is 2. The quantitative estimate of drug-likeness (QED) is 0.166. The lowest BCUT2D eigenvalue weighted by atomic mass is 9.83. The summed E-state index contributed by atoms with van der Waals surface area (Å²) in [5.41, 5.74) is 3.88. The van der Waals surface area contributed by atoms with Crippen LogP contribution in [0.3, 0.4) is 0 Å². The average molecular weight is 612 g/mol. The molecule has 2 bridgehead atoms. The number of piperazine rings is 1. The molecule has 2 atom stereocenters. The van der Waals surface area contributed by atoms with Gasteiger partial charge >= 0.3 is 0 Å². The third kappa shape index (κ3) is 6.51. The molecule has 3 aliphatic rings. The molecule has 0 spiro atoms. The van der Waals surface area contributed by atoms with Gasteiger partial charge in [0.15, 0.2) is 29.0 Å². The molecule has 1 saturated carbocycles. The normalized spacial score (nSPS) is 19.7. The lowest BCUT2D eigenvalue weighted by Gasteiger charge is -2.41. The number of aryl methyl sites for hydroxylation is 1. The van der Waals surface area contributed by atoms with Gasteiger partial charge in [-0.3, -0.25) is 4.79 Å². The molecule has 1 amide bonds. The third-order valence-corrected chi connectivity index (χ3v) is 8.59.